The van der Waals surface area contributed by atoms with Gasteiger partial charge >= 0.3 is 6.03 Å². The molecule has 2 amide bonds. The molecule has 3 nitrogen and oxygen atoms in total. The van der Waals surface area contributed by atoms with E-state index in [0.717, 1.165) is 11.1 Å². The number of carbonyl (C=O) groups is 1. The third kappa shape index (κ3) is 4.14. The van der Waals surface area contributed by atoms with Crippen molar-refractivity contribution in [2.24, 2.45) is 0 Å². The third-order valence-electron chi connectivity index (χ3n) is 2.75. The van der Waals surface area contributed by atoms with E-state index in [-0.39, 0.29) is 6.03 Å². The van der Waals surface area contributed by atoms with Crippen molar-refractivity contribution < 1.29 is 4.79 Å². The van der Waals surface area contributed by atoms with E-state index in [4.69, 9.17) is 11.6 Å². The van der Waals surface area contributed by atoms with Crippen LogP contribution in [0.25, 0.3) is 6.08 Å². The van der Waals surface area contributed by atoms with Crippen molar-refractivity contribution in [3.8, 4) is 0 Å². The lowest BCUT2D eigenvalue weighted by Crippen LogP contribution is -2.23. The number of hydrogen-bond donors (Lipinski definition) is 2. The quantitative estimate of drug-likeness (QED) is 0.860. The first-order valence-corrected chi connectivity index (χ1v) is 6.58. The molecule has 0 aliphatic rings. The monoisotopic (exact) mass is 286 g/mol. The Balaban J connectivity index is 1.91. The van der Waals surface area contributed by atoms with Gasteiger partial charge in [-0.05, 0) is 42.3 Å². The van der Waals surface area contributed by atoms with Gasteiger partial charge < -0.3 is 10.6 Å². The van der Waals surface area contributed by atoms with Crippen molar-refractivity contribution in [3.63, 3.8) is 0 Å². The Morgan fingerprint density at radius 3 is 2.70 bits per heavy atom. The third-order valence-corrected chi connectivity index (χ3v) is 2.98. The fraction of sp³-hybridized carbons (Fsp3) is 0.0625. The van der Waals surface area contributed by atoms with Crippen molar-refractivity contribution in [2.75, 3.05) is 5.32 Å². The normalized spacial score (nSPS) is 10.5. The summed E-state index contributed by atoms with van der Waals surface area (Å²) in [6.07, 6.45) is 3.47. The highest BCUT2D eigenvalue weighted by molar-refractivity contribution is 6.30. The molecule has 0 atom stereocenters. The van der Waals surface area contributed by atoms with Gasteiger partial charge in [-0.1, -0.05) is 41.9 Å². The van der Waals surface area contributed by atoms with Crippen molar-refractivity contribution in [3.05, 3.63) is 70.9 Å². The first kappa shape index (κ1) is 14.2. The molecule has 0 spiro atoms. The predicted octanol–water partition coefficient (Wildman–Crippen LogP) is 4.44. The van der Waals surface area contributed by atoms with Gasteiger partial charge in [-0.15, -0.1) is 0 Å². The van der Waals surface area contributed by atoms with Crippen molar-refractivity contribution in [2.45, 2.75) is 6.92 Å². The van der Waals surface area contributed by atoms with Crippen LogP contribution in [0.15, 0.2) is 54.7 Å². The number of hydrogen-bond acceptors (Lipinski definition) is 1. The number of urea groups is 1. The highest BCUT2D eigenvalue weighted by atomic mass is 35.5. The molecule has 0 bridgehead atoms. The molecule has 0 radical (unpaired) electrons. The van der Waals surface area contributed by atoms with Gasteiger partial charge in [0.15, 0.2) is 0 Å². The van der Waals surface area contributed by atoms with E-state index in [1.165, 1.54) is 0 Å². The average molecular weight is 287 g/mol. The van der Waals surface area contributed by atoms with E-state index < -0.39 is 0 Å². The van der Waals surface area contributed by atoms with E-state index in [1.807, 2.05) is 37.3 Å². The summed E-state index contributed by atoms with van der Waals surface area (Å²) in [6, 6.07) is 14.6. The van der Waals surface area contributed by atoms with E-state index in [2.05, 4.69) is 10.6 Å². The van der Waals surface area contributed by atoms with Gasteiger partial charge in [0.25, 0.3) is 0 Å². The van der Waals surface area contributed by atoms with Crippen LogP contribution in [0.4, 0.5) is 10.5 Å². The fourth-order valence-corrected chi connectivity index (χ4v) is 1.90. The van der Waals surface area contributed by atoms with Crippen LogP contribution in [-0.4, -0.2) is 6.03 Å². The number of benzene rings is 2. The second kappa shape index (κ2) is 6.78. The van der Waals surface area contributed by atoms with Gasteiger partial charge in [-0.2, -0.15) is 0 Å². The molecule has 2 rings (SSSR count). The summed E-state index contributed by atoms with van der Waals surface area (Å²) in [5.41, 5.74) is 2.87. The first-order chi connectivity index (χ1) is 9.65. The first-order valence-electron chi connectivity index (χ1n) is 6.20. The molecule has 0 aromatic heterocycles. The fourth-order valence-electron chi connectivity index (χ4n) is 1.71. The lowest BCUT2D eigenvalue weighted by Gasteiger charge is -2.05. The SMILES string of the molecule is Cc1ccccc1/C=C/NC(=O)Nc1cccc(Cl)c1. The maximum absolute atomic E-state index is 11.7. The van der Waals surface area contributed by atoms with Crippen LogP contribution in [0.2, 0.25) is 5.02 Å². The Bertz CT molecular complexity index is 638. The second-order valence-corrected chi connectivity index (χ2v) is 4.74. The largest absolute Gasteiger partial charge is 0.323 e. The average Bonchev–Trinajstić information content (AvgIpc) is 2.41. The van der Waals surface area contributed by atoms with Gasteiger partial charge in [0.1, 0.15) is 0 Å². The minimum atomic E-state index is -0.308. The highest BCUT2D eigenvalue weighted by Crippen LogP contribution is 2.14. The van der Waals surface area contributed by atoms with Gasteiger partial charge in [-0.3, -0.25) is 0 Å². The Morgan fingerprint density at radius 1 is 1.15 bits per heavy atom. The maximum atomic E-state index is 11.7. The molecule has 0 fully saturated rings. The van der Waals surface area contributed by atoms with E-state index in [1.54, 1.807) is 30.5 Å². The Hall–Kier alpha value is -2.26. The summed E-state index contributed by atoms with van der Waals surface area (Å²) in [5.74, 6) is 0. The number of rotatable bonds is 3. The zero-order valence-corrected chi connectivity index (χ0v) is 11.8. The van der Waals surface area contributed by atoms with Crippen LogP contribution in [0, 0.1) is 6.92 Å². The molecule has 0 saturated heterocycles. The Morgan fingerprint density at radius 2 is 1.95 bits per heavy atom. The number of aryl methyl sites for hydroxylation is 1. The van der Waals surface area contributed by atoms with Crippen LogP contribution in [0.5, 0.6) is 0 Å². The lowest BCUT2D eigenvalue weighted by molar-refractivity contribution is 0.255. The number of halogens is 1. The lowest BCUT2D eigenvalue weighted by atomic mass is 10.1. The topological polar surface area (TPSA) is 41.1 Å². The summed E-state index contributed by atoms with van der Waals surface area (Å²) >= 11 is 5.84. The highest BCUT2D eigenvalue weighted by Gasteiger charge is 1.99. The van der Waals surface area contributed by atoms with Crippen LogP contribution in [0.1, 0.15) is 11.1 Å². The molecule has 2 aromatic rings. The summed E-state index contributed by atoms with van der Waals surface area (Å²) in [7, 11) is 0. The van der Waals surface area contributed by atoms with E-state index in [9.17, 15) is 4.79 Å². The molecule has 2 aromatic carbocycles. The van der Waals surface area contributed by atoms with E-state index in [0.29, 0.717) is 10.7 Å². The van der Waals surface area contributed by atoms with Gasteiger partial charge in [0, 0.05) is 16.9 Å². The molecule has 20 heavy (non-hydrogen) atoms. The molecule has 0 aliphatic carbocycles. The number of carbonyl (C=O) groups excluding carboxylic acids is 1. The number of nitrogens with one attached hydrogen (secondary N) is 2. The standard InChI is InChI=1S/C16H15ClN2O/c1-12-5-2-3-6-13(12)9-10-18-16(20)19-15-8-4-7-14(17)11-15/h2-11H,1H3,(H2,18,19,20)/b10-9+. The molecular weight excluding hydrogens is 272 g/mol. The minimum Gasteiger partial charge on any atom is -0.314 e. The zero-order chi connectivity index (χ0) is 14.4. The summed E-state index contributed by atoms with van der Waals surface area (Å²) in [5, 5.41) is 5.93. The molecule has 102 valence electrons. The van der Waals surface area contributed by atoms with Crippen LogP contribution in [0.3, 0.4) is 0 Å². The van der Waals surface area contributed by atoms with Gasteiger partial charge in [0.2, 0.25) is 0 Å². The predicted molar refractivity (Wildman–Crippen MR) is 83.8 cm³/mol. The van der Waals surface area contributed by atoms with Crippen molar-refractivity contribution >= 4 is 29.4 Å². The Labute approximate surface area is 123 Å². The van der Waals surface area contributed by atoms with Crippen LogP contribution in [-0.2, 0) is 0 Å². The number of amides is 2. The molecular formula is C16H15ClN2O. The molecule has 2 N–H and O–H groups in total. The summed E-state index contributed by atoms with van der Waals surface area (Å²) < 4.78 is 0. The summed E-state index contributed by atoms with van der Waals surface area (Å²) in [6.45, 7) is 2.02. The molecule has 0 heterocycles. The second-order valence-electron chi connectivity index (χ2n) is 4.30. The molecule has 0 saturated carbocycles. The van der Waals surface area contributed by atoms with Gasteiger partial charge in [-0.25, -0.2) is 4.79 Å². The van der Waals surface area contributed by atoms with Gasteiger partial charge in [0.05, 0.1) is 0 Å². The maximum Gasteiger partial charge on any atom is 0.323 e. The van der Waals surface area contributed by atoms with E-state index >= 15 is 0 Å². The van der Waals surface area contributed by atoms with Crippen molar-refractivity contribution in [1.29, 1.82) is 0 Å². The number of anilines is 1. The zero-order valence-electron chi connectivity index (χ0n) is 11.1. The Kier molecular flexibility index (Phi) is 4.80. The van der Waals surface area contributed by atoms with Crippen molar-refractivity contribution in [1.82, 2.24) is 5.32 Å². The molecule has 4 heteroatoms. The van der Waals surface area contributed by atoms with Crippen LogP contribution < -0.4 is 10.6 Å². The molecule has 0 aliphatic heterocycles. The van der Waals surface area contributed by atoms with Crippen LogP contribution >= 0.6 is 11.6 Å². The smallest absolute Gasteiger partial charge is 0.314 e. The minimum absolute atomic E-state index is 0.308. The molecule has 0 unspecified atom stereocenters. The summed E-state index contributed by atoms with van der Waals surface area (Å²) in [4.78, 5) is 11.7.